The van der Waals surface area contributed by atoms with Crippen molar-refractivity contribution in [3.05, 3.63) is 145 Å². The molecule has 0 bridgehead atoms. The number of thioether (sulfide) groups is 2. The first kappa shape index (κ1) is 95.9. The number of nitrogens with two attached hydrogens (primary N) is 5. The number of nitrogens with zero attached hydrogens (tertiary/aromatic N) is 15. The number of aromatic nitrogens is 13. The molecule has 45 nitrogen and oxygen atoms in total. The smallest absolute Gasteiger partial charge is 0.338 e. The first-order chi connectivity index (χ1) is 60.8. The van der Waals surface area contributed by atoms with Crippen molar-refractivity contribution in [2.24, 2.45) is 0 Å². The monoisotopic (exact) mass is 1900 g/mol. The van der Waals surface area contributed by atoms with E-state index in [0.29, 0.717) is 89.9 Å². The highest BCUT2D eigenvalue weighted by Gasteiger charge is 2.55. The summed E-state index contributed by atoms with van der Waals surface area (Å²) in [7, 11) is 0. The molecule has 0 saturated carbocycles. The lowest BCUT2D eigenvalue weighted by molar-refractivity contribution is -0.159. The molecule has 16 rings (SSSR count). The number of esters is 5. The topological polar surface area (TPSA) is 624 Å². The number of rotatable bonds is 22. The number of carbonyl (C=O) groups excluding carboxylic acids is 5. The minimum absolute atomic E-state index is 0.0220. The number of benzene rings is 1. The molecule has 7 aliphatic heterocycles. The van der Waals surface area contributed by atoms with E-state index in [4.69, 9.17) is 125 Å². The van der Waals surface area contributed by atoms with Crippen molar-refractivity contribution in [2.45, 2.75) is 181 Å². The van der Waals surface area contributed by atoms with Gasteiger partial charge in [0, 0.05) is 46.5 Å². The van der Waals surface area contributed by atoms with Gasteiger partial charge < -0.3 is 121 Å². The van der Waals surface area contributed by atoms with Gasteiger partial charge in [0.15, 0.2) is 92.0 Å². The lowest BCUT2D eigenvalue weighted by Crippen LogP contribution is -2.42. The van der Waals surface area contributed by atoms with Gasteiger partial charge in [0.2, 0.25) is 29.7 Å². The van der Waals surface area contributed by atoms with Crippen LogP contribution in [0.25, 0.3) is 31.0 Å². The van der Waals surface area contributed by atoms with Crippen molar-refractivity contribution in [2.75, 3.05) is 71.5 Å². The minimum Gasteiger partial charge on any atom is -0.491 e. The Kier molecular flexibility index (Phi) is 31.1. The molecule has 9 aromatic rings. The van der Waals surface area contributed by atoms with Crippen molar-refractivity contribution in [3.63, 3.8) is 0 Å². The molecule has 16 N–H and O–H groups in total. The summed E-state index contributed by atoms with van der Waals surface area (Å²) in [6, 6.07) is 8.69. The fraction of sp³-hybridized carbons (Fsp3) is 0.421. The van der Waals surface area contributed by atoms with E-state index < -0.39 is 146 Å². The Morgan fingerprint density at radius 3 is 1.23 bits per heavy atom. The molecule has 0 unspecified atom stereocenters. The maximum atomic E-state index is 12.7. The van der Waals surface area contributed by atoms with E-state index in [-0.39, 0.29) is 67.6 Å². The van der Waals surface area contributed by atoms with Crippen LogP contribution in [-0.4, -0.2) is 255 Å². The summed E-state index contributed by atoms with van der Waals surface area (Å²) in [6.07, 6.45) is -8.32. The predicted octanol–water partition coefficient (Wildman–Crippen LogP) is 4.49. The molecule has 5 saturated heterocycles. The van der Waals surface area contributed by atoms with Crippen molar-refractivity contribution in [1.29, 1.82) is 0 Å². The van der Waals surface area contributed by atoms with Gasteiger partial charge >= 0.3 is 34.7 Å². The van der Waals surface area contributed by atoms with Crippen LogP contribution in [-0.2, 0) is 80.8 Å². The molecule has 52 heteroatoms. The number of aliphatic hydroxyl groups is 6. The molecule has 128 heavy (non-hydrogen) atoms. The van der Waals surface area contributed by atoms with Crippen LogP contribution in [0, 0.1) is 7.91 Å². The zero-order chi connectivity index (χ0) is 92.7. The van der Waals surface area contributed by atoms with Crippen molar-refractivity contribution in [3.8, 4) is 0 Å². The molecule has 0 spiro atoms. The van der Waals surface area contributed by atoms with Crippen molar-refractivity contribution in [1.82, 2.24) is 63.5 Å². The number of aliphatic hydroxyl groups excluding tert-OH is 6. The summed E-state index contributed by atoms with van der Waals surface area (Å²) in [6.45, 7) is 28.2. The molecule has 684 valence electrons. The van der Waals surface area contributed by atoms with Gasteiger partial charge in [-0.2, -0.15) is 24.9 Å². The number of thiazole rings is 3. The van der Waals surface area contributed by atoms with Crippen LogP contribution in [0.15, 0.2) is 136 Å². The van der Waals surface area contributed by atoms with Gasteiger partial charge in [-0.1, -0.05) is 86.0 Å². The molecule has 5 fully saturated rings. The third-order valence-electron chi connectivity index (χ3n) is 19.1. The van der Waals surface area contributed by atoms with E-state index in [9.17, 15) is 49.2 Å². The van der Waals surface area contributed by atoms with Crippen LogP contribution in [0.4, 0.5) is 41.4 Å². The number of hydrogen-bond acceptors (Lipinski definition) is 49. The molecule has 15 heterocycles. The van der Waals surface area contributed by atoms with Gasteiger partial charge in [-0.15, -0.1) is 22.7 Å². The summed E-state index contributed by atoms with van der Waals surface area (Å²) in [5.74, 6) is 0.0848. The number of carbonyl (C=O) groups is 5. The number of allylic oxidation sites excluding steroid dienone is 3. The maximum Gasteiger partial charge on any atom is 0.338 e. The molecule has 0 amide bonds. The molecule has 7 aliphatic rings. The Labute approximate surface area is 756 Å². The number of ether oxygens (including phenoxy) is 13. The third-order valence-corrected chi connectivity index (χ3v) is 24.5. The predicted molar refractivity (Wildman–Crippen MR) is 467 cm³/mol. The summed E-state index contributed by atoms with van der Waals surface area (Å²) >= 11 is 17.2. The van der Waals surface area contributed by atoms with Gasteiger partial charge in [-0.25, -0.2) is 29.7 Å². The third kappa shape index (κ3) is 21.9. The Hall–Kier alpha value is -11.2. The summed E-state index contributed by atoms with van der Waals surface area (Å²) in [5.41, 5.74) is 30.1. The molecular weight excluding hydrogens is 1820 g/mol. The standard InChI is InChI=1S/C20H20N4O5S.2C17H20N4O6S2.2C11H14N4O4S/c1-11(2)28-14-8-13(10-27-18(25)12-6-4-3-5-7-12)29-17(14)24-16-15(30-20(24)26)9-22-19(21)23-16;2*1-7(2)25-13-12(26-9(4)23)10(6-24-8(3)22)27-15(13)21-14-11(29-17(21)28)5-19-16(18)20-14;2*1-4-15(9-6(20-4)2-13-11(12)14-9)10-8(18)7(17)5(3-16)19-10/h3-7,9,13-14,17H,1,8,10H2,2H3,(H2,21,22,23);2*5,10,12-13,15H,1,6H2,2-4H3,(H2,18,19,20);2*2,5,7-8,10,16-18H,1,3H2,(H2,12,13,14)/t13-,14+,17+;10-,12+,13-,15-;10-,12-,13-,15-;5-,7+,8-,10-;5-,7-,8-,10-/m01111/s1. The fourth-order valence-corrected chi connectivity index (χ4v) is 19.0. The van der Waals surface area contributed by atoms with E-state index in [0.717, 1.165) is 21.1 Å². The second-order valence-electron chi connectivity index (χ2n) is 28.6. The molecular formula is C76H88N20O25S7. The van der Waals surface area contributed by atoms with E-state index in [1.165, 1.54) is 84.7 Å². The average molecular weight is 1910 g/mol. The lowest BCUT2D eigenvalue weighted by Gasteiger charge is -2.27. The van der Waals surface area contributed by atoms with Crippen LogP contribution in [0.5, 0.6) is 0 Å². The molecule has 0 aliphatic carbocycles. The van der Waals surface area contributed by atoms with Crippen LogP contribution in [0.1, 0.15) is 83.9 Å². The quantitative estimate of drug-likeness (QED) is 0.0193. The minimum atomic E-state index is -1.19. The maximum absolute atomic E-state index is 12.7. The second-order valence-corrected chi connectivity index (χ2v) is 35.2. The van der Waals surface area contributed by atoms with Gasteiger partial charge in [-0.3, -0.25) is 47.5 Å². The molecule has 8 aromatic heterocycles. The van der Waals surface area contributed by atoms with Gasteiger partial charge in [0.25, 0.3) is 0 Å². The Bertz CT molecular complexity index is 5630. The molecule has 19 atom stereocenters. The van der Waals surface area contributed by atoms with Crippen LogP contribution in [0.2, 0.25) is 0 Å². The van der Waals surface area contributed by atoms with E-state index in [1.807, 2.05) is 6.07 Å². The van der Waals surface area contributed by atoms with Crippen LogP contribution in [0.3, 0.4) is 0 Å². The number of hydrogen-bond donors (Lipinski definition) is 11. The highest BCUT2D eigenvalue weighted by atomic mass is 32.2. The highest BCUT2D eigenvalue weighted by Crippen LogP contribution is 2.50. The Morgan fingerprint density at radius 1 is 0.461 bits per heavy atom. The average Bonchev–Trinajstić information content (AvgIpc) is 1.60. The number of fused-ring (bicyclic) bond motifs is 5. The van der Waals surface area contributed by atoms with E-state index in [2.05, 4.69) is 82.7 Å². The van der Waals surface area contributed by atoms with E-state index in [1.54, 1.807) is 88.8 Å². The zero-order valence-electron chi connectivity index (χ0n) is 68.9. The molecule has 0 radical (unpaired) electrons. The SMILES string of the molecule is C=C(C)O[C@@H]1C[C@@H](COC(=O)c2ccccc2)O[C@H]1n1c(=O)sc2cnc(N)nc21.C=C(C)O[C@@H]1[C@@H](OC(C)=O)[C@@H](COC(C)=O)O[C@H]1n1c(=S)sc2cnc(N)nc21.C=C(C)O[C@@H]1[C@H](OC(C)=O)[C@@H](COC(C)=O)O[C@H]1n1c(=S)sc2cnc(N)nc21.C=C1Sc2cnc(N)nc2N1[C@@H]1O[C@H](CO)[C@@H](O)[C@H]1O.C=C1Sc2cnc(N)nc2N1[C@@H]1O[C@H](CO)[C@H](O)[C@H]1O. The van der Waals surface area contributed by atoms with Crippen molar-refractivity contribution < 1.29 is 116 Å². The summed E-state index contributed by atoms with van der Waals surface area (Å²) in [5, 5.41) is 59.2. The second kappa shape index (κ2) is 41.5. The highest BCUT2D eigenvalue weighted by molar-refractivity contribution is 8.04. The van der Waals surface area contributed by atoms with Crippen LogP contribution >= 0.6 is 82.0 Å². The summed E-state index contributed by atoms with van der Waals surface area (Å²) < 4.78 is 80.8. The fourth-order valence-electron chi connectivity index (χ4n) is 13.9. The first-order valence-corrected chi connectivity index (χ1v) is 43.2. The zero-order valence-corrected chi connectivity index (χ0v) is 74.6. The Morgan fingerprint density at radius 2 is 0.844 bits per heavy atom. The largest absolute Gasteiger partial charge is 0.491 e. The van der Waals surface area contributed by atoms with Gasteiger partial charge in [0.05, 0.1) is 94.7 Å². The molecule has 1 aromatic carbocycles. The van der Waals surface area contributed by atoms with Crippen molar-refractivity contribution >= 4 is 184 Å². The van der Waals surface area contributed by atoms with Gasteiger partial charge in [-0.05, 0) is 57.3 Å². The van der Waals surface area contributed by atoms with Gasteiger partial charge in [0.1, 0.15) is 74.8 Å². The number of nitrogen functional groups attached to an aromatic ring is 5. The normalized spacial score (nSPS) is 25.9. The van der Waals surface area contributed by atoms with Crippen LogP contribution < -0.4 is 43.3 Å². The lowest BCUT2D eigenvalue weighted by atomic mass is 10.1. The van der Waals surface area contributed by atoms with E-state index >= 15 is 0 Å². The number of anilines is 7. The first-order valence-electron chi connectivity index (χ1n) is 38.3. The summed E-state index contributed by atoms with van der Waals surface area (Å²) in [4.78, 5) is 116. The Balaban J connectivity index is 0.000000147.